The Balaban J connectivity index is 1.82. The first-order valence-corrected chi connectivity index (χ1v) is 10.0. The Hall–Kier alpha value is -3.10. The van der Waals surface area contributed by atoms with Crippen molar-refractivity contribution in [2.75, 3.05) is 0 Å². The molecule has 3 aromatic rings. The fraction of sp³-hybridized carbons (Fsp3) is 0.115. The van der Waals surface area contributed by atoms with Gasteiger partial charge in [0.15, 0.2) is 0 Å². The summed E-state index contributed by atoms with van der Waals surface area (Å²) in [7, 11) is 0. The predicted molar refractivity (Wildman–Crippen MR) is 121 cm³/mol. The normalized spacial score (nSPS) is 17.0. The molecule has 29 heavy (non-hydrogen) atoms. The Bertz CT molecular complexity index is 1150. The van der Waals surface area contributed by atoms with Crippen LogP contribution in [0.15, 0.2) is 102 Å². The van der Waals surface area contributed by atoms with Crippen molar-refractivity contribution in [3.63, 3.8) is 0 Å². The van der Waals surface area contributed by atoms with E-state index in [1.165, 1.54) is 5.39 Å². The van der Waals surface area contributed by atoms with Gasteiger partial charge in [-0.1, -0.05) is 91.0 Å². The summed E-state index contributed by atoms with van der Waals surface area (Å²) < 4.78 is 0. The highest BCUT2D eigenvalue weighted by Gasteiger charge is 2.37. The molecular formula is C26H22ClNO. The van der Waals surface area contributed by atoms with Gasteiger partial charge in [-0.2, -0.15) is 0 Å². The summed E-state index contributed by atoms with van der Waals surface area (Å²) in [6.07, 6.45) is 5.61. The molecule has 1 amide bonds. The average molecular weight is 400 g/mol. The van der Waals surface area contributed by atoms with Crippen molar-refractivity contribution in [1.29, 1.82) is 0 Å². The smallest absolute Gasteiger partial charge is 0.255 e. The van der Waals surface area contributed by atoms with E-state index in [4.69, 9.17) is 11.6 Å². The molecule has 1 aliphatic heterocycles. The lowest BCUT2D eigenvalue weighted by Crippen LogP contribution is -2.28. The summed E-state index contributed by atoms with van der Waals surface area (Å²) in [4.78, 5) is 15.3. The Morgan fingerprint density at radius 1 is 1.03 bits per heavy atom. The van der Waals surface area contributed by atoms with Crippen molar-refractivity contribution in [3.8, 4) is 0 Å². The monoisotopic (exact) mass is 399 g/mol. The number of fused-ring (bicyclic) bond motifs is 2. The molecule has 3 aromatic carbocycles. The fourth-order valence-corrected chi connectivity index (χ4v) is 4.05. The van der Waals surface area contributed by atoms with E-state index in [0.717, 1.165) is 27.6 Å². The zero-order valence-electron chi connectivity index (χ0n) is 16.3. The summed E-state index contributed by atoms with van der Waals surface area (Å²) in [6, 6.07) is 22.1. The van der Waals surface area contributed by atoms with Crippen molar-refractivity contribution in [3.05, 3.63) is 119 Å². The molecule has 4 rings (SSSR count). The third kappa shape index (κ3) is 3.64. The Morgan fingerprint density at radius 2 is 1.76 bits per heavy atom. The van der Waals surface area contributed by atoms with E-state index in [-0.39, 0.29) is 11.9 Å². The van der Waals surface area contributed by atoms with Crippen molar-refractivity contribution in [2.24, 2.45) is 0 Å². The number of hydrogen-bond acceptors (Lipinski definition) is 1. The number of carbonyl (C=O) groups is 1. The largest absolute Gasteiger partial charge is 0.323 e. The molecule has 0 saturated carbocycles. The maximum absolute atomic E-state index is 13.3. The molecule has 0 radical (unpaired) electrons. The van der Waals surface area contributed by atoms with Gasteiger partial charge in [0.25, 0.3) is 5.91 Å². The fourth-order valence-electron chi connectivity index (χ4n) is 3.99. The van der Waals surface area contributed by atoms with E-state index in [1.807, 2.05) is 72.5 Å². The number of carbonyl (C=O) groups excluding carboxylic acids is 1. The van der Waals surface area contributed by atoms with Gasteiger partial charge in [-0.25, -0.2) is 0 Å². The van der Waals surface area contributed by atoms with Crippen LogP contribution in [0.3, 0.4) is 0 Å². The molecule has 0 N–H and O–H groups in total. The summed E-state index contributed by atoms with van der Waals surface area (Å²) in [6.45, 7) is 6.35. The average Bonchev–Trinajstić information content (AvgIpc) is 3.01. The maximum atomic E-state index is 13.3. The predicted octanol–water partition coefficient (Wildman–Crippen LogP) is 6.79. The van der Waals surface area contributed by atoms with E-state index in [0.29, 0.717) is 11.6 Å². The number of amides is 1. The summed E-state index contributed by atoms with van der Waals surface area (Å²) in [5, 5.41) is 3.02. The van der Waals surface area contributed by atoms with Crippen molar-refractivity contribution in [1.82, 2.24) is 4.90 Å². The molecule has 144 valence electrons. The standard InChI is InChI=1S/C26H22ClNO/c1-3-19(16-15-18(2)27)25-23-13-6-7-14-24(23)26(29)28(25)17-21-11-8-10-20-9-4-5-12-22(20)21/h3-16,25H,1,17H2,2H3/b18-15+,19-16+. The van der Waals surface area contributed by atoms with Gasteiger partial charge >= 0.3 is 0 Å². The van der Waals surface area contributed by atoms with Gasteiger partial charge < -0.3 is 4.90 Å². The van der Waals surface area contributed by atoms with Gasteiger partial charge in [0.05, 0.1) is 6.04 Å². The van der Waals surface area contributed by atoms with Crippen molar-refractivity contribution in [2.45, 2.75) is 19.5 Å². The second-order valence-electron chi connectivity index (χ2n) is 7.19. The molecule has 0 bridgehead atoms. The number of halogens is 1. The molecule has 1 heterocycles. The highest BCUT2D eigenvalue weighted by Crippen LogP contribution is 2.40. The Kier molecular flexibility index (Phi) is 5.37. The van der Waals surface area contributed by atoms with Gasteiger partial charge in [0, 0.05) is 17.1 Å². The molecule has 0 aliphatic carbocycles. The highest BCUT2D eigenvalue weighted by atomic mass is 35.5. The van der Waals surface area contributed by atoms with Crippen LogP contribution in [0, 0.1) is 0 Å². The lowest BCUT2D eigenvalue weighted by atomic mass is 9.96. The van der Waals surface area contributed by atoms with Crippen LogP contribution < -0.4 is 0 Å². The molecule has 1 unspecified atom stereocenters. The van der Waals surface area contributed by atoms with Gasteiger partial charge in [0.2, 0.25) is 0 Å². The number of rotatable bonds is 5. The minimum atomic E-state index is -0.192. The van der Waals surface area contributed by atoms with Gasteiger partial charge in [0.1, 0.15) is 0 Å². The molecule has 3 heteroatoms. The number of nitrogens with zero attached hydrogens (tertiary/aromatic N) is 1. The lowest BCUT2D eigenvalue weighted by molar-refractivity contribution is 0.0736. The highest BCUT2D eigenvalue weighted by molar-refractivity contribution is 6.29. The van der Waals surface area contributed by atoms with Gasteiger partial charge in [-0.05, 0) is 46.5 Å². The minimum Gasteiger partial charge on any atom is -0.323 e. The molecule has 1 atom stereocenters. The second kappa shape index (κ2) is 8.10. The van der Waals surface area contributed by atoms with E-state index in [1.54, 1.807) is 0 Å². The summed E-state index contributed by atoms with van der Waals surface area (Å²) in [5.41, 5.74) is 3.83. The molecule has 2 nitrogen and oxygen atoms in total. The quantitative estimate of drug-likeness (QED) is 0.432. The molecule has 0 aromatic heterocycles. The number of benzene rings is 3. The first-order chi connectivity index (χ1) is 14.1. The first-order valence-electron chi connectivity index (χ1n) is 9.63. The SMILES string of the molecule is C=C/C(=C\C=C(/C)Cl)C1c2ccccc2C(=O)N1Cc1cccc2ccccc12. The zero-order chi connectivity index (χ0) is 20.4. The number of allylic oxidation sites excluding steroid dienone is 3. The first kappa shape index (κ1) is 19.2. The van der Waals surface area contributed by atoms with Gasteiger partial charge in [-0.15, -0.1) is 0 Å². The number of hydrogen-bond donors (Lipinski definition) is 0. The van der Waals surface area contributed by atoms with Crippen LogP contribution in [0.4, 0.5) is 0 Å². The summed E-state index contributed by atoms with van der Waals surface area (Å²) in [5.74, 6) is 0.0397. The second-order valence-corrected chi connectivity index (χ2v) is 7.78. The Labute approximate surface area is 176 Å². The van der Waals surface area contributed by atoms with Crippen LogP contribution in [0.5, 0.6) is 0 Å². The molecule has 0 fully saturated rings. The third-order valence-electron chi connectivity index (χ3n) is 5.34. The lowest BCUT2D eigenvalue weighted by Gasteiger charge is -2.27. The van der Waals surface area contributed by atoms with E-state index in [2.05, 4.69) is 30.8 Å². The Morgan fingerprint density at radius 3 is 2.55 bits per heavy atom. The van der Waals surface area contributed by atoms with Crippen LogP contribution in [-0.4, -0.2) is 10.8 Å². The van der Waals surface area contributed by atoms with Crippen LogP contribution in [0.1, 0.15) is 34.5 Å². The summed E-state index contributed by atoms with van der Waals surface area (Å²) >= 11 is 6.05. The molecule has 0 spiro atoms. The third-order valence-corrected chi connectivity index (χ3v) is 5.46. The molecular weight excluding hydrogens is 378 g/mol. The van der Waals surface area contributed by atoms with Crippen molar-refractivity contribution < 1.29 is 4.79 Å². The van der Waals surface area contributed by atoms with E-state index >= 15 is 0 Å². The maximum Gasteiger partial charge on any atom is 0.255 e. The van der Waals surface area contributed by atoms with Crippen molar-refractivity contribution >= 4 is 28.3 Å². The molecule has 0 saturated heterocycles. The van der Waals surface area contributed by atoms with Crippen LogP contribution in [0.2, 0.25) is 0 Å². The van der Waals surface area contributed by atoms with E-state index < -0.39 is 0 Å². The van der Waals surface area contributed by atoms with Crippen LogP contribution >= 0.6 is 11.6 Å². The molecule has 1 aliphatic rings. The topological polar surface area (TPSA) is 20.3 Å². The zero-order valence-corrected chi connectivity index (χ0v) is 17.1. The van der Waals surface area contributed by atoms with Crippen LogP contribution in [-0.2, 0) is 6.54 Å². The van der Waals surface area contributed by atoms with E-state index in [9.17, 15) is 4.79 Å². The van der Waals surface area contributed by atoms with Crippen LogP contribution in [0.25, 0.3) is 10.8 Å². The minimum absolute atomic E-state index is 0.0397. The van der Waals surface area contributed by atoms with Gasteiger partial charge in [-0.3, -0.25) is 4.79 Å².